The Morgan fingerprint density at radius 2 is 1.89 bits per heavy atom. The molecular formula is C12H13F3O3. The molecule has 0 saturated carbocycles. The van der Waals surface area contributed by atoms with Crippen LogP contribution in [-0.4, -0.2) is 17.7 Å². The van der Waals surface area contributed by atoms with Gasteiger partial charge in [-0.1, -0.05) is 12.1 Å². The third-order valence-corrected chi connectivity index (χ3v) is 2.42. The lowest BCUT2D eigenvalue weighted by Crippen LogP contribution is -2.34. The van der Waals surface area contributed by atoms with Crippen LogP contribution in [-0.2, 0) is 21.3 Å². The van der Waals surface area contributed by atoms with Gasteiger partial charge in [-0.3, -0.25) is 0 Å². The highest BCUT2D eigenvalue weighted by Gasteiger charge is 2.37. The monoisotopic (exact) mass is 262 g/mol. The van der Waals surface area contributed by atoms with Crippen LogP contribution < -0.4 is 0 Å². The van der Waals surface area contributed by atoms with Crippen LogP contribution in [0.2, 0.25) is 0 Å². The molecule has 0 aliphatic rings. The number of alkyl halides is 3. The predicted octanol–water partition coefficient (Wildman–Crippen LogP) is 2.48. The first-order valence-corrected chi connectivity index (χ1v) is 5.27. The van der Waals surface area contributed by atoms with Crippen LogP contribution in [0.1, 0.15) is 25.0 Å². The number of halogens is 3. The molecule has 0 spiro atoms. The zero-order chi connectivity index (χ0) is 14.0. The molecule has 18 heavy (non-hydrogen) atoms. The van der Waals surface area contributed by atoms with Gasteiger partial charge in [0.05, 0.1) is 12.2 Å². The summed E-state index contributed by atoms with van der Waals surface area (Å²) in [6, 6.07) is 3.97. The van der Waals surface area contributed by atoms with Gasteiger partial charge >= 0.3 is 12.1 Å². The zero-order valence-electron chi connectivity index (χ0n) is 9.91. The van der Waals surface area contributed by atoms with Crippen LogP contribution in [0.3, 0.4) is 0 Å². The van der Waals surface area contributed by atoms with Gasteiger partial charge in [0.25, 0.3) is 0 Å². The fraction of sp³-hybridized carbons (Fsp3) is 0.417. The summed E-state index contributed by atoms with van der Waals surface area (Å²) in [4.78, 5) is 11.5. The lowest BCUT2D eigenvalue weighted by Gasteiger charge is -2.22. The van der Waals surface area contributed by atoms with E-state index in [2.05, 4.69) is 4.74 Å². The average Bonchev–Trinajstić information content (AvgIpc) is 2.28. The van der Waals surface area contributed by atoms with Gasteiger partial charge in [-0.2, -0.15) is 13.2 Å². The highest BCUT2D eigenvalue weighted by atomic mass is 19.4. The van der Waals surface area contributed by atoms with E-state index in [9.17, 15) is 23.1 Å². The van der Waals surface area contributed by atoms with E-state index < -0.39 is 23.3 Å². The van der Waals surface area contributed by atoms with Crippen molar-refractivity contribution in [2.45, 2.75) is 25.6 Å². The summed E-state index contributed by atoms with van der Waals surface area (Å²) in [7, 11) is 0. The van der Waals surface area contributed by atoms with Crippen molar-refractivity contribution >= 4 is 5.97 Å². The maximum Gasteiger partial charge on any atom is 0.416 e. The van der Waals surface area contributed by atoms with Crippen molar-refractivity contribution in [2.24, 2.45) is 0 Å². The first-order chi connectivity index (χ1) is 8.19. The van der Waals surface area contributed by atoms with Gasteiger partial charge in [-0.15, -0.1) is 0 Å². The van der Waals surface area contributed by atoms with E-state index in [1.807, 2.05) is 0 Å². The predicted molar refractivity (Wildman–Crippen MR) is 57.6 cm³/mol. The molecular weight excluding hydrogens is 249 g/mol. The van der Waals surface area contributed by atoms with Crippen LogP contribution in [0.25, 0.3) is 0 Å². The summed E-state index contributed by atoms with van der Waals surface area (Å²) in [5.41, 5.74) is -3.18. The standard InChI is InChI=1S/C12H13F3O3/c1-3-18-10(16)11(2,17)8-5-4-6-9(7-8)12(13,14)15/h4-7,17H,3H2,1-2H3. The summed E-state index contributed by atoms with van der Waals surface area (Å²) in [5, 5.41) is 9.93. The summed E-state index contributed by atoms with van der Waals surface area (Å²) < 4.78 is 42.1. The maximum atomic E-state index is 12.5. The molecule has 1 aromatic carbocycles. The minimum absolute atomic E-state index is 0.0357. The minimum Gasteiger partial charge on any atom is -0.464 e. The van der Waals surface area contributed by atoms with E-state index in [0.29, 0.717) is 0 Å². The van der Waals surface area contributed by atoms with Gasteiger partial charge < -0.3 is 9.84 Å². The van der Waals surface area contributed by atoms with E-state index in [1.54, 1.807) is 6.92 Å². The topological polar surface area (TPSA) is 46.5 Å². The van der Waals surface area contributed by atoms with Crippen molar-refractivity contribution in [3.63, 3.8) is 0 Å². The van der Waals surface area contributed by atoms with Crippen molar-refractivity contribution < 1.29 is 27.8 Å². The highest BCUT2D eigenvalue weighted by molar-refractivity contribution is 5.80. The van der Waals surface area contributed by atoms with Crippen molar-refractivity contribution in [3.8, 4) is 0 Å². The lowest BCUT2D eigenvalue weighted by molar-refractivity contribution is -0.164. The number of carbonyl (C=O) groups is 1. The maximum absolute atomic E-state index is 12.5. The van der Waals surface area contributed by atoms with Crippen molar-refractivity contribution in [1.82, 2.24) is 0 Å². The summed E-state index contributed by atoms with van der Waals surface area (Å²) >= 11 is 0. The zero-order valence-corrected chi connectivity index (χ0v) is 9.91. The Bertz CT molecular complexity index is 438. The number of esters is 1. The molecule has 0 amide bonds. The van der Waals surface area contributed by atoms with E-state index in [-0.39, 0.29) is 12.2 Å². The van der Waals surface area contributed by atoms with Gasteiger partial charge in [-0.05, 0) is 31.5 Å². The number of ether oxygens (including phenoxy) is 1. The average molecular weight is 262 g/mol. The second-order valence-corrected chi connectivity index (χ2v) is 3.87. The van der Waals surface area contributed by atoms with Crippen molar-refractivity contribution in [3.05, 3.63) is 35.4 Å². The normalized spacial score (nSPS) is 15.0. The second-order valence-electron chi connectivity index (χ2n) is 3.87. The van der Waals surface area contributed by atoms with Crippen LogP contribution in [0.15, 0.2) is 24.3 Å². The quantitative estimate of drug-likeness (QED) is 0.851. The van der Waals surface area contributed by atoms with E-state index in [4.69, 9.17) is 0 Å². The molecule has 0 aliphatic heterocycles. The molecule has 0 radical (unpaired) electrons. The molecule has 0 aromatic heterocycles. The molecule has 1 rings (SSSR count). The Morgan fingerprint density at radius 1 is 1.33 bits per heavy atom. The molecule has 0 saturated heterocycles. The Morgan fingerprint density at radius 3 is 2.39 bits per heavy atom. The van der Waals surface area contributed by atoms with E-state index in [1.165, 1.54) is 6.07 Å². The van der Waals surface area contributed by atoms with E-state index in [0.717, 1.165) is 25.1 Å². The lowest BCUT2D eigenvalue weighted by atomic mass is 9.94. The number of hydrogen-bond acceptors (Lipinski definition) is 3. The Hall–Kier alpha value is -1.56. The van der Waals surface area contributed by atoms with Crippen LogP contribution in [0.4, 0.5) is 13.2 Å². The summed E-state index contributed by atoms with van der Waals surface area (Å²) in [6.07, 6.45) is -4.53. The smallest absolute Gasteiger partial charge is 0.416 e. The molecule has 0 fully saturated rings. The summed E-state index contributed by atoms with van der Waals surface area (Å²) in [5.74, 6) is -0.982. The van der Waals surface area contributed by atoms with Gasteiger partial charge in [-0.25, -0.2) is 4.79 Å². The summed E-state index contributed by atoms with van der Waals surface area (Å²) in [6.45, 7) is 2.68. The van der Waals surface area contributed by atoms with Gasteiger partial charge in [0.2, 0.25) is 0 Å². The number of carbonyl (C=O) groups excluding carboxylic acids is 1. The molecule has 0 bridgehead atoms. The molecule has 1 unspecified atom stereocenters. The third kappa shape index (κ3) is 3.01. The van der Waals surface area contributed by atoms with Gasteiger partial charge in [0.1, 0.15) is 0 Å². The fourth-order valence-electron chi connectivity index (χ4n) is 1.39. The highest BCUT2D eigenvalue weighted by Crippen LogP contribution is 2.32. The fourth-order valence-corrected chi connectivity index (χ4v) is 1.39. The molecule has 0 aliphatic carbocycles. The molecule has 1 atom stereocenters. The van der Waals surface area contributed by atoms with Gasteiger partial charge in [0, 0.05) is 0 Å². The third-order valence-electron chi connectivity index (χ3n) is 2.42. The SMILES string of the molecule is CCOC(=O)C(C)(O)c1cccc(C(F)(F)F)c1. The molecule has 3 nitrogen and oxygen atoms in total. The molecule has 1 N–H and O–H groups in total. The number of benzene rings is 1. The first-order valence-electron chi connectivity index (χ1n) is 5.27. The Labute approximate surface area is 102 Å². The van der Waals surface area contributed by atoms with Crippen LogP contribution in [0, 0.1) is 0 Å². The van der Waals surface area contributed by atoms with Crippen LogP contribution >= 0.6 is 0 Å². The Kier molecular flexibility index (Phi) is 4.01. The molecule has 1 aromatic rings. The molecule has 6 heteroatoms. The minimum atomic E-state index is -4.53. The Balaban J connectivity index is 3.13. The number of hydrogen-bond donors (Lipinski definition) is 1. The number of aliphatic hydroxyl groups is 1. The van der Waals surface area contributed by atoms with Gasteiger partial charge in [0.15, 0.2) is 5.60 Å². The first kappa shape index (κ1) is 14.5. The largest absolute Gasteiger partial charge is 0.464 e. The second kappa shape index (κ2) is 4.97. The van der Waals surface area contributed by atoms with Crippen molar-refractivity contribution in [1.29, 1.82) is 0 Å². The number of rotatable bonds is 3. The van der Waals surface area contributed by atoms with Crippen molar-refractivity contribution in [2.75, 3.05) is 6.61 Å². The molecule has 0 heterocycles. The molecule has 100 valence electrons. The van der Waals surface area contributed by atoms with Crippen LogP contribution in [0.5, 0.6) is 0 Å². The van der Waals surface area contributed by atoms with E-state index >= 15 is 0 Å².